The average molecular weight is 408 g/mol. The van der Waals surface area contributed by atoms with Crippen molar-refractivity contribution in [3.8, 4) is 11.5 Å². The Balaban J connectivity index is 1.45. The van der Waals surface area contributed by atoms with E-state index in [9.17, 15) is 4.79 Å². The SMILES string of the molecule is O=C(CCCSc1ccc(Cl)cc1)Nc1nnc(-c2ccccc2Cl)o1. The molecular weight excluding hydrogens is 393 g/mol. The molecule has 0 aliphatic rings. The lowest BCUT2D eigenvalue weighted by atomic mass is 10.2. The highest BCUT2D eigenvalue weighted by Crippen LogP contribution is 2.27. The summed E-state index contributed by atoms with van der Waals surface area (Å²) in [7, 11) is 0. The summed E-state index contributed by atoms with van der Waals surface area (Å²) >= 11 is 13.6. The van der Waals surface area contributed by atoms with Crippen LogP contribution in [0.2, 0.25) is 10.0 Å². The number of nitrogens with one attached hydrogen (secondary N) is 1. The molecule has 0 radical (unpaired) electrons. The van der Waals surface area contributed by atoms with Gasteiger partial charge in [0, 0.05) is 16.3 Å². The van der Waals surface area contributed by atoms with E-state index in [0.717, 1.165) is 17.1 Å². The number of anilines is 1. The second kappa shape index (κ2) is 9.07. The minimum Gasteiger partial charge on any atom is -0.403 e. The van der Waals surface area contributed by atoms with Crippen LogP contribution in [0, 0.1) is 0 Å². The zero-order valence-electron chi connectivity index (χ0n) is 13.6. The van der Waals surface area contributed by atoms with E-state index in [2.05, 4.69) is 15.5 Å². The highest BCUT2D eigenvalue weighted by molar-refractivity contribution is 7.99. The molecule has 1 heterocycles. The van der Waals surface area contributed by atoms with Crippen LogP contribution in [0.25, 0.3) is 11.5 Å². The third kappa shape index (κ3) is 5.24. The first-order valence-corrected chi connectivity index (χ1v) is 9.62. The summed E-state index contributed by atoms with van der Waals surface area (Å²) in [4.78, 5) is 13.1. The summed E-state index contributed by atoms with van der Waals surface area (Å²) in [6.07, 6.45) is 1.09. The Morgan fingerprint density at radius 3 is 2.62 bits per heavy atom. The molecule has 134 valence electrons. The van der Waals surface area contributed by atoms with Crippen LogP contribution in [-0.4, -0.2) is 21.9 Å². The van der Waals surface area contributed by atoms with Gasteiger partial charge in [-0.15, -0.1) is 16.9 Å². The third-order valence-corrected chi connectivity index (χ3v) is 5.09. The summed E-state index contributed by atoms with van der Waals surface area (Å²) in [5.41, 5.74) is 0.626. The van der Waals surface area contributed by atoms with E-state index in [1.807, 2.05) is 36.4 Å². The normalized spacial score (nSPS) is 10.7. The van der Waals surface area contributed by atoms with Gasteiger partial charge in [0.2, 0.25) is 5.91 Å². The summed E-state index contributed by atoms with van der Waals surface area (Å²) in [6, 6.07) is 14.8. The number of hydrogen-bond acceptors (Lipinski definition) is 5. The predicted molar refractivity (Wildman–Crippen MR) is 105 cm³/mol. The summed E-state index contributed by atoms with van der Waals surface area (Å²) < 4.78 is 5.45. The summed E-state index contributed by atoms with van der Waals surface area (Å²) in [5.74, 6) is 0.921. The molecule has 0 aliphatic carbocycles. The van der Waals surface area contributed by atoms with Crippen molar-refractivity contribution in [3.05, 3.63) is 58.6 Å². The topological polar surface area (TPSA) is 68.0 Å². The summed E-state index contributed by atoms with van der Waals surface area (Å²) in [5, 5.41) is 11.6. The number of carbonyl (C=O) groups excluding carboxylic acids is 1. The average Bonchev–Trinajstić information content (AvgIpc) is 3.09. The second-order valence-corrected chi connectivity index (χ2v) is 7.36. The molecule has 0 aliphatic heterocycles. The van der Waals surface area contributed by atoms with Crippen molar-refractivity contribution in [2.24, 2.45) is 0 Å². The van der Waals surface area contributed by atoms with Gasteiger partial charge in [-0.3, -0.25) is 10.1 Å². The molecule has 1 N–H and O–H groups in total. The number of thioether (sulfide) groups is 1. The van der Waals surface area contributed by atoms with E-state index in [4.69, 9.17) is 27.6 Å². The van der Waals surface area contributed by atoms with Gasteiger partial charge in [0.15, 0.2) is 0 Å². The van der Waals surface area contributed by atoms with Gasteiger partial charge in [0.1, 0.15) is 0 Å². The minimum absolute atomic E-state index is 0.0651. The van der Waals surface area contributed by atoms with Gasteiger partial charge in [-0.25, -0.2) is 0 Å². The Labute approximate surface area is 165 Å². The molecule has 0 saturated heterocycles. The van der Waals surface area contributed by atoms with Crippen LogP contribution < -0.4 is 5.32 Å². The third-order valence-electron chi connectivity index (χ3n) is 3.41. The first kappa shape index (κ1) is 18.8. The number of hydrogen-bond donors (Lipinski definition) is 1. The number of halogens is 2. The molecular formula is C18H15Cl2N3O2S. The van der Waals surface area contributed by atoms with Crippen molar-refractivity contribution in [2.75, 3.05) is 11.1 Å². The molecule has 1 amide bonds. The van der Waals surface area contributed by atoms with E-state index in [1.54, 1.807) is 23.9 Å². The maximum atomic E-state index is 12.0. The zero-order chi connectivity index (χ0) is 18.4. The Kier molecular flexibility index (Phi) is 6.55. The molecule has 3 rings (SSSR count). The Morgan fingerprint density at radius 2 is 1.85 bits per heavy atom. The highest BCUT2D eigenvalue weighted by atomic mass is 35.5. The number of rotatable bonds is 7. The lowest BCUT2D eigenvalue weighted by molar-refractivity contribution is -0.116. The van der Waals surface area contributed by atoms with Crippen LogP contribution in [-0.2, 0) is 4.79 Å². The molecule has 8 heteroatoms. The van der Waals surface area contributed by atoms with Crippen molar-refractivity contribution in [3.63, 3.8) is 0 Å². The first-order valence-electron chi connectivity index (χ1n) is 7.88. The second-order valence-electron chi connectivity index (χ2n) is 5.35. The lowest BCUT2D eigenvalue weighted by Gasteiger charge is -2.02. The quantitative estimate of drug-likeness (QED) is 0.410. The number of amides is 1. The van der Waals surface area contributed by atoms with Gasteiger partial charge in [0.25, 0.3) is 5.89 Å². The molecule has 3 aromatic rings. The van der Waals surface area contributed by atoms with Crippen LogP contribution in [0.4, 0.5) is 6.01 Å². The van der Waals surface area contributed by atoms with Gasteiger partial charge in [0.05, 0.1) is 10.6 Å². The molecule has 0 unspecified atom stereocenters. The van der Waals surface area contributed by atoms with Gasteiger partial charge in [-0.2, -0.15) is 0 Å². The van der Waals surface area contributed by atoms with Crippen molar-refractivity contribution in [1.82, 2.24) is 10.2 Å². The molecule has 1 aromatic heterocycles. The Morgan fingerprint density at radius 1 is 1.08 bits per heavy atom. The maximum absolute atomic E-state index is 12.0. The fourth-order valence-electron chi connectivity index (χ4n) is 2.15. The minimum atomic E-state index is -0.170. The van der Waals surface area contributed by atoms with E-state index < -0.39 is 0 Å². The smallest absolute Gasteiger partial charge is 0.322 e. The largest absolute Gasteiger partial charge is 0.403 e. The fraction of sp³-hybridized carbons (Fsp3) is 0.167. The fourth-order valence-corrected chi connectivity index (χ4v) is 3.35. The summed E-state index contributed by atoms with van der Waals surface area (Å²) in [6.45, 7) is 0. The first-order chi connectivity index (χ1) is 12.6. The van der Waals surface area contributed by atoms with Gasteiger partial charge in [-0.1, -0.05) is 40.4 Å². The van der Waals surface area contributed by atoms with Gasteiger partial charge >= 0.3 is 6.01 Å². The van der Waals surface area contributed by atoms with E-state index in [0.29, 0.717) is 22.0 Å². The number of aromatic nitrogens is 2. The Hall–Kier alpha value is -2.02. The van der Waals surface area contributed by atoms with Crippen LogP contribution in [0.1, 0.15) is 12.8 Å². The maximum Gasteiger partial charge on any atom is 0.322 e. The van der Waals surface area contributed by atoms with Gasteiger partial charge < -0.3 is 4.42 Å². The van der Waals surface area contributed by atoms with Crippen LogP contribution in [0.15, 0.2) is 57.8 Å². The molecule has 0 saturated carbocycles. The Bertz CT molecular complexity index is 884. The monoisotopic (exact) mass is 407 g/mol. The van der Waals surface area contributed by atoms with Crippen molar-refractivity contribution in [1.29, 1.82) is 0 Å². The van der Waals surface area contributed by atoms with E-state index in [-0.39, 0.29) is 17.8 Å². The van der Waals surface area contributed by atoms with E-state index in [1.165, 1.54) is 0 Å². The van der Waals surface area contributed by atoms with Crippen molar-refractivity contribution in [2.45, 2.75) is 17.7 Å². The predicted octanol–water partition coefficient (Wildman–Crippen LogP) is 5.55. The van der Waals surface area contributed by atoms with Crippen molar-refractivity contribution >= 4 is 46.9 Å². The molecule has 0 bridgehead atoms. The lowest BCUT2D eigenvalue weighted by Crippen LogP contribution is -2.11. The van der Waals surface area contributed by atoms with Crippen molar-refractivity contribution < 1.29 is 9.21 Å². The highest BCUT2D eigenvalue weighted by Gasteiger charge is 2.13. The number of carbonyl (C=O) groups is 1. The van der Waals surface area contributed by atoms with Crippen LogP contribution in [0.5, 0.6) is 0 Å². The zero-order valence-corrected chi connectivity index (χ0v) is 15.9. The molecule has 0 fully saturated rings. The van der Waals surface area contributed by atoms with Crippen LogP contribution in [0.3, 0.4) is 0 Å². The molecule has 0 spiro atoms. The number of nitrogens with zero attached hydrogens (tertiary/aromatic N) is 2. The molecule has 26 heavy (non-hydrogen) atoms. The van der Waals surface area contributed by atoms with Gasteiger partial charge in [-0.05, 0) is 48.6 Å². The number of benzene rings is 2. The molecule has 0 atom stereocenters. The molecule has 5 nitrogen and oxygen atoms in total. The van der Waals surface area contributed by atoms with Crippen LogP contribution >= 0.6 is 35.0 Å². The molecule has 2 aromatic carbocycles. The van der Waals surface area contributed by atoms with E-state index >= 15 is 0 Å². The standard InChI is InChI=1S/C18H15Cl2N3O2S/c19-12-7-9-13(10-8-12)26-11-3-6-16(24)21-18-23-22-17(25-18)14-4-1-2-5-15(14)20/h1-2,4-5,7-10H,3,6,11H2,(H,21,23,24).